The number of carbonyl (C=O) groups excluding carboxylic acids is 1. The van der Waals surface area contributed by atoms with Gasteiger partial charge in [-0.25, -0.2) is 4.98 Å². The van der Waals surface area contributed by atoms with Crippen LogP contribution in [0.4, 0.5) is 5.69 Å². The molecule has 0 bridgehead atoms. The van der Waals surface area contributed by atoms with Crippen molar-refractivity contribution in [1.82, 2.24) is 9.55 Å². The number of benzene rings is 2. The number of anilines is 1. The number of amides is 1. The molecular weight excluding hydrogens is 358 g/mol. The van der Waals surface area contributed by atoms with E-state index in [4.69, 9.17) is 4.98 Å². The van der Waals surface area contributed by atoms with Gasteiger partial charge < -0.3 is 9.47 Å². The van der Waals surface area contributed by atoms with Gasteiger partial charge in [0.2, 0.25) is 5.91 Å². The number of unbranched alkanes of at least 4 members (excludes halogenated alkanes) is 3. The first-order valence-corrected chi connectivity index (χ1v) is 10.9. The van der Waals surface area contributed by atoms with E-state index in [0.717, 1.165) is 35.6 Å². The van der Waals surface area contributed by atoms with Crippen LogP contribution in [-0.4, -0.2) is 22.0 Å². The number of aromatic nitrogens is 2. The van der Waals surface area contributed by atoms with Crippen LogP contribution in [0.3, 0.4) is 0 Å². The fourth-order valence-corrected chi connectivity index (χ4v) is 4.56. The topological polar surface area (TPSA) is 38.1 Å². The summed E-state index contributed by atoms with van der Waals surface area (Å²) in [4.78, 5) is 19.8. The smallest absolute Gasteiger partial charge is 0.227 e. The molecule has 0 radical (unpaired) electrons. The minimum atomic E-state index is 0.141. The molecule has 1 aromatic heterocycles. The Kier molecular flexibility index (Phi) is 5.70. The third-order valence-corrected chi connectivity index (χ3v) is 6.05. The molecule has 29 heavy (non-hydrogen) atoms. The third kappa shape index (κ3) is 3.93. The molecule has 0 aliphatic carbocycles. The van der Waals surface area contributed by atoms with E-state index >= 15 is 0 Å². The van der Waals surface area contributed by atoms with E-state index in [2.05, 4.69) is 61.7 Å². The summed E-state index contributed by atoms with van der Waals surface area (Å²) < 4.78 is 2.37. The molecule has 3 aromatic rings. The first-order chi connectivity index (χ1) is 14.1. The lowest BCUT2D eigenvalue weighted by Gasteiger charge is -2.20. The Morgan fingerprint density at radius 1 is 1.07 bits per heavy atom. The molecule has 1 aliphatic heterocycles. The van der Waals surface area contributed by atoms with Gasteiger partial charge in [-0.3, -0.25) is 4.79 Å². The van der Waals surface area contributed by atoms with Crippen LogP contribution >= 0.6 is 0 Å². The second-order valence-electron chi connectivity index (χ2n) is 8.37. The molecule has 1 atom stereocenters. The Bertz CT molecular complexity index is 1020. The Hall–Kier alpha value is -2.62. The lowest BCUT2D eigenvalue weighted by molar-refractivity contribution is -0.117. The van der Waals surface area contributed by atoms with Gasteiger partial charge in [-0.1, -0.05) is 56.0 Å². The van der Waals surface area contributed by atoms with Crippen molar-refractivity contribution < 1.29 is 4.79 Å². The SMILES string of the molecule is CCCCCCn1c([C@@H]2CC(=O)N(c3ccc(C)cc3C)C2)nc2ccccc21. The molecule has 1 fully saturated rings. The average molecular weight is 390 g/mol. The molecule has 0 unspecified atom stereocenters. The molecule has 4 heteroatoms. The number of hydrogen-bond acceptors (Lipinski definition) is 2. The van der Waals surface area contributed by atoms with E-state index in [-0.39, 0.29) is 11.8 Å². The van der Waals surface area contributed by atoms with Crippen molar-refractivity contribution in [3.8, 4) is 0 Å². The standard InChI is InChI=1S/C25H31N3O/c1-4-5-6-9-14-27-23-11-8-7-10-21(23)26-25(27)20-16-24(29)28(17-20)22-13-12-18(2)15-19(22)3/h7-8,10-13,15,20H,4-6,9,14,16-17H2,1-3H3/t20-/m1/s1. The first kappa shape index (κ1) is 19.7. The van der Waals surface area contributed by atoms with Crippen molar-refractivity contribution in [2.45, 2.75) is 65.3 Å². The molecule has 4 rings (SSSR count). The van der Waals surface area contributed by atoms with Crippen LogP contribution in [0.5, 0.6) is 0 Å². The van der Waals surface area contributed by atoms with E-state index in [1.807, 2.05) is 11.0 Å². The van der Waals surface area contributed by atoms with Crippen molar-refractivity contribution in [3.63, 3.8) is 0 Å². The summed E-state index contributed by atoms with van der Waals surface area (Å²) in [7, 11) is 0. The van der Waals surface area contributed by atoms with E-state index in [0.29, 0.717) is 13.0 Å². The fourth-order valence-electron chi connectivity index (χ4n) is 4.56. The highest BCUT2D eigenvalue weighted by Gasteiger charge is 2.35. The zero-order chi connectivity index (χ0) is 20.4. The summed E-state index contributed by atoms with van der Waals surface area (Å²) in [6, 6.07) is 14.7. The highest BCUT2D eigenvalue weighted by molar-refractivity contribution is 5.97. The highest BCUT2D eigenvalue weighted by Crippen LogP contribution is 2.34. The number of carbonyl (C=O) groups is 1. The van der Waals surface area contributed by atoms with Crippen LogP contribution in [-0.2, 0) is 11.3 Å². The minimum Gasteiger partial charge on any atom is -0.328 e. The molecule has 0 spiro atoms. The van der Waals surface area contributed by atoms with Gasteiger partial charge in [0.05, 0.1) is 11.0 Å². The summed E-state index contributed by atoms with van der Waals surface area (Å²) in [5.74, 6) is 1.41. The number of rotatable bonds is 7. The molecule has 1 aliphatic rings. The van der Waals surface area contributed by atoms with Gasteiger partial charge in [-0.05, 0) is 44.0 Å². The molecular formula is C25H31N3O. The summed E-state index contributed by atoms with van der Waals surface area (Å²) >= 11 is 0. The highest BCUT2D eigenvalue weighted by atomic mass is 16.2. The quantitative estimate of drug-likeness (QED) is 0.482. The minimum absolute atomic E-state index is 0.141. The number of aryl methyl sites for hydroxylation is 3. The molecule has 1 amide bonds. The van der Waals surface area contributed by atoms with Crippen molar-refractivity contribution in [3.05, 3.63) is 59.4 Å². The van der Waals surface area contributed by atoms with Crippen LogP contribution in [0.2, 0.25) is 0 Å². The van der Waals surface area contributed by atoms with Crippen molar-refractivity contribution in [2.75, 3.05) is 11.4 Å². The van der Waals surface area contributed by atoms with Crippen LogP contribution < -0.4 is 4.90 Å². The summed E-state index contributed by atoms with van der Waals surface area (Å²) in [6.45, 7) is 8.10. The largest absolute Gasteiger partial charge is 0.328 e. The number of imidazole rings is 1. The monoisotopic (exact) mass is 389 g/mol. The van der Waals surface area contributed by atoms with Crippen molar-refractivity contribution >= 4 is 22.6 Å². The van der Waals surface area contributed by atoms with Gasteiger partial charge in [0.25, 0.3) is 0 Å². The lowest BCUT2D eigenvalue weighted by atomic mass is 10.1. The second-order valence-corrected chi connectivity index (χ2v) is 8.37. The second kappa shape index (κ2) is 8.40. The van der Waals surface area contributed by atoms with Gasteiger partial charge in [-0.15, -0.1) is 0 Å². The Morgan fingerprint density at radius 2 is 1.90 bits per heavy atom. The van der Waals surface area contributed by atoms with Crippen LogP contribution in [0.25, 0.3) is 11.0 Å². The predicted molar refractivity (Wildman–Crippen MR) is 120 cm³/mol. The Morgan fingerprint density at radius 3 is 2.69 bits per heavy atom. The van der Waals surface area contributed by atoms with E-state index < -0.39 is 0 Å². The summed E-state index contributed by atoms with van der Waals surface area (Å²) in [5, 5.41) is 0. The normalized spacial score (nSPS) is 16.9. The maximum absolute atomic E-state index is 12.9. The number of fused-ring (bicyclic) bond motifs is 1. The van der Waals surface area contributed by atoms with E-state index in [9.17, 15) is 4.79 Å². The van der Waals surface area contributed by atoms with Gasteiger partial charge in [0, 0.05) is 31.1 Å². The zero-order valence-electron chi connectivity index (χ0n) is 17.8. The van der Waals surface area contributed by atoms with Gasteiger partial charge in [0.1, 0.15) is 5.82 Å². The lowest BCUT2D eigenvalue weighted by Crippen LogP contribution is -2.25. The van der Waals surface area contributed by atoms with E-state index in [1.54, 1.807) is 0 Å². The van der Waals surface area contributed by atoms with Gasteiger partial charge in [0.15, 0.2) is 0 Å². The van der Waals surface area contributed by atoms with Crippen molar-refractivity contribution in [2.24, 2.45) is 0 Å². The Labute approximate surface area is 173 Å². The molecule has 152 valence electrons. The maximum atomic E-state index is 12.9. The average Bonchev–Trinajstić information content (AvgIpc) is 3.26. The van der Waals surface area contributed by atoms with Crippen molar-refractivity contribution in [1.29, 1.82) is 0 Å². The number of nitrogens with zero attached hydrogens (tertiary/aromatic N) is 3. The molecule has 0 saturated carbocycles. The van der Waals surface area contributed by atoms with Gasteiger partial charge >= 0.3 is 0 Å². The number of hydrogen-bond donors (Lipinski definition) is 0. The first-order valence-electron chi connectivity index (χ1n) is 10.9. The predicted octanol–water partition coefficient (Wildman–Crippen LogP) is 5.75. The molecule has 4 nitrogen and oxygen atoms in total. The van der Waals surface area contributed by atoms with Crippen LogP contribution in [0, 0.1) is 13.8 Å². The Balaban J connectivity index is 1.63. The molecule has 0 N–H and O–H groups in total. The molecule has 1 saturated heterocycles. The zero-order valence-corrected chi connectivity index (χ0v) is 17.8. The fraction of sp³-hybridized carbons (Fsp3) is 0.440. The summed E-state index contributed by atoms with van der Waals surface area (Å²) in [6.07, 6.45) is 5.43. The summed E-state index contributed by atoms with van der Waals surface area (Å²) in [5.41, 5.74) is 5.65. The van der Waals surface area contributed by atoms with E-state index in [1.165, 1.54) is 30.3 Å². The third-order valence-electron chi connectivity index (χ3n) is 6.05. The van der Waals surface area contributed by atoms with Crippen LogP contribution in [0.1, 0.15) is 61.9 Å². The maximum Gasteiger partial charge on any atom is 0.227 e. The van der Waals surface area contributed by atoms with Gasteiger partial charge in [-0.2, -0.15) is 0 Å². The number of para-hydroxylation sites is 2. The molecule has 2 aromatic carbocycles. The molecule has 2 heterocycles. The van der Waals surface area contributed by atoms with Crippen LogP contribution in [0.15, 0.2) is 42.5 Å².